The average molecular weight is 408 g/mol. The van der Waals surface area contributed by atoms with Crippen LogP contribution in [0.1, 0.15) is 12.0 Å². The summed E-state index contributed by atoms with van der Waals surface area (Å²) in [6.07, 6.45) is 1.11. The Morgan fingerprint density at radius 2 is 1.31 bits per heavy atom. The molecule has 2 amide bonds. The molecule has 0 heterocycles. The standard InChI is InChI=1S/C23H22ClN3O2/c24-20-8-4-5-9-21(20)25-16-23(29)27-19-13-11-18(12-14-19)26-22(28)15-10-17-6-2-1-3-7-17/h1-9,11-14,25H,10,15-16H2,(H,26,28)(H,27,29). The van der Waals surface area contributed by atoms with Gasteiger partial charge in [-0.15, -0.1) is 0 Å². The molecule has 0 unspecified atom stereocenters. The van der Waals surface area contributed by atoms with Crippen LogP contribution in [0.3, 0.4) is 0 Å². The molecular weight excluding hydrogens is 386 g/mol. The van der Waals surface area contributed by atoms with Crippen molar-refractivity contribution in [1.82, 2.24) is 0 Å². The van der Waals surface area contributed by atoms with Crippen LogP contribution in [0.2, 0.25) is 5.02 Å². The molecule has 0 aliphatic carbocycles. The van der Waals surface area contributed by atoms with Crippen molar-refractivity contribution in [3.63, 3.8) is 0 Å². The van der Waals surface area contributed by atoms with E-state index in [0.29, 0.717) is 34.9 Å². The zero-order chi connectivity index (χ0) is 20.5. The fourth-order valence-corrected chi connectivity index (χ4v) is 2.95. The first kappa shape index (κ1) is 20.4. The summed E-state index contributed by atoms with van der Waals surface area (Å²) in [5.41, 5.74) is 3.18. The lowest BCUT2D eigenvalue weighted by molar-refractivity contribution is -0.116. The van der Waals surface area contributed by atoms with Crippen LogP contribution in [0.4, 0.5) is 17.1 Å². The van der Waals surface area contributed by atoms with Crippen LogP contribution in [-0.4, -0.2) is 18.4 Å². The molecule has 3 aromatic carbocycles. The molecule has 0 saturated heterocycles. The number of hydrogen-bond acceptors (Lipinski definition) is 3. The van der Waals surface area contributed by atoms with E-state index < -0.39 is 0 Å². The minimum absolute atomic E-state index is 0.0467. The summed E-state index contributed by atoms with van der Waals surface area (Å²) < 4.78 is 0. The third kappa shape index (κ3) is 6.66. The lowest BCUT2D eigenvalue weighted by Gasteiger charge is -2.10. The van der Waals surface area contributed by atoms with E-state index in [9.17, 15) is 9.59 Å². The van der Waals surface area contributed by atoms with Gasteiger partial charge in [0.2, 0.25) is 11.8 Å². The Balaban J connectivity index is 1.44. The Morgan fingerprint density at radius 1 is 0.724 bits per heavy atom. The highest BCUT2D eigenvalue weighted by atomic mass is 35.5. The van der Waals surface area contributed by atoms with Gasteiger partial charge in [-0.2, -0.15) is 0 Å². The summed E-state index contributed by atoms with van der Waals surface area (Å²) in [5.74, 6) is -0.237. The van der Waals surface area contributed by atoms with Crippen LogP contribution in [-0.2, 0) is 16.0 Å². The van der Waals surface area contributed by atoms with E-state index in [1.807, 2.05) is 48.5 Å². The summed E-state index contributed by atoms with van der Waals surface area (Å²) in [4.78, 5) is 24.2. The first-order chi connectivity index (χ1) is 14.1. The summed E-state index contributed by atoms with van der Waals surface area (Å²) in [6, 6.07) is 24.2. The second kappa shape index (κ2) is 10.3. The Bertz CT molecular complexity index is 959. The summed E-state index contributed by atoms with van der Waals surface area (Å²) in [6.45, 7) is 0.0989. The zero-order valence-corrected chi connectivity index (χ0v) is 16.6. The molecule has 0 fully saturated rings. The zero-order valence-electron chi connectivity index (χ0n) is 15.8. The van der Waals surface area contributed by atoms with Crippen LogP contribution in [0, 0.1) is 0 Å². The molecule has 0 spiro atoms. The molecular formula is C23H22ClN3O2. The predicted molar refractivity (Wildman–Crippen MR) is 118 cm³/mol. The van der Waals surface area contributed by atoms with Gasteiger partial charge in [-0.1, -0.05) is 54.1 Å². The average Bonchev–Trinajstić information content (AvgIpc) is 2.74. The van der Waals surface area contributed by atoms with Crippen LogP contribution < -0.4 is 16.0 Å². The number of benzene rings is 3. The topological polar surface area (TPSA) is 70.2 Å². The van der Waals surface area contributed by atoms with E-state index in [1.54, 1.807) is 30.3 Å². The van der Waals surface area contributed by atoms with Crippen LogP contribution in [0.25, 0.3) is 0 Å². The van der Waals surface area contributed by atoms with Gasteiger partial charge in [0.05, 0.1) is 17.3 Å². The number of carbonyl (C=O) groups is 2. The van der Waals surface area contributed by atoms with Crippen molar-refractivity contribution in [3.05, 3.63) is 89.4 Å². The van der Waals surface area contributed by atoms with Crippen molar-refractivity contribution in [3.8, 4) is 0 Å². The van der Waals surface area contributed by atoms with E-state index in [0.717, 1.165) is 5.56 Å². The Hall–Kier alpha value is -3.31. The van der Waals surface area contributed by atoms with E-state index >= 15 is 0 Å². The van der Waals surface area contributed by atoms with Gasteiger partial charge in [0.15, 0.2) is 0 Å². The number of aryl methyl sites for hydroxylation is 1. The number of halogens is 1. The third-order valence-corrected chi connectivity index (χ3v) is 4.58. The fraction of sp³-hybridized carbons (Fsp3) is 0.130. The van der Waals surface area contributed by atoms with Gasteiger partial charge < -0.3 is 16.0 Å². The summed E-state index contributed by atoms with van der Waals surface area (Å²) >= 11 is 6.06. The monoisotopic (exact) mass is 407 g/mol. The lowest BCUT2D eigenvalue weighted by Crippen LogP contribution is -2.21. The predicted octanol–water partition coefficient (Wildman–Crippen LogP) is 4.96. The van der Waals surface area contributed by atoms with E-state index in [1.165, 1.54) is 0 Å². The minimum Gasteiger partial charge on any atom is -0.375 e. The number of carbonyl (C=O) groups excluding carboxylic acids is 2. The lowest BCUT2D eigenvalue weighted by atomic mass is 10.1. The minimum atomic E-state index is -0.190. The van der Waals surface area contributed by atoms with Crippen molar-refractivity contribution < 1.29 is 9.59 Å². The number of hydrogen-bond donors (Lipinski definition) is 3. The number of anilines is 3. The maximum atomic E-state index is 12.1. The van der Waals surface area contributed by atoms with Gasteiger partial charge in [-0.3, -0.25) is 9.59 Å². The SMILES string of the molecule is O=C(CCc1ccccc1)Nc1ccc(NC(=O)CNc2ccccc2Cl)cc1. The van der Waals surface area contributed by atoms with Crippen molar-refractivity contribution in [2.75, 3.05) is 22.5 Å². The highest BCUT2D eigenvalue weighted by Crippen LogP contribution is 2.20. The van der Waals surface area contributed by atoms with Crippen molar-refractivity contribution >= 4 is 40.5 Å². The highest BCUT2D eigenvalue weighted by molar-refractivity contribution is 6.33. The van der Waals surface area contributed by atoms with Gasteiger partial charge in [-0.25, -0.2) is 0 Å². The number of nitrogens with one attached hydrogen (secondary N) is 3. The molecule has 148 valence electrons. The molecule has 0 saturated carbocycles. The third-order valence-electron chi connectivity index (χ3n) is 4.25. The Labute approximate surface area is 175 Å². The van der Waals surface area contributed by atoms with Crippen LogP contribution in [0.15, 0.2) is 78.9 Å². The highest BCUT2D eigenvalue weighted by Gasteiger charge is 2.06. The molecule has 29 heavy (non-hydrogen) atoms. The number of rotatable bonds is 8. The fourth-order valence-electron chi connectivity index (χ4n) is 2.75. The molecule has 3 rings (SSSR count). The molecule has 0 aliphatic rings. The molecule has 0 aliphatic heterocycles. The van der Waals surface area contributed by atoms with Gasteiger partial charge in [0.1, 0.15) is 0 Å². The van der Waals surface area contributed by atoms with Gasteiger partial charge >= 0.3 is 0 Å². The maximum absolute atomic E-state index is 12.1. The summed E-state index contributed by atoms with van der Waals surface area (Å²) in [5, 5.41) is 9.23. The second-order valence-electron chi connectivity index (χ2n) is 6.49. The number of para-hydroxylation sites is 1. The van der Waals surface area contributed by atoms with Crippen molar-refractivity contribution in [2.24, 2.45) is 0 Å². The van der Waals surface area contributed by atoms with Crippen LogP contribution >= 0.6 is 11.6 Å². The van der Waals surface area contributed by atoms with E-state index in [2.05, 4.69) is 16.0 Å². The molecule has 0 bridgehead atoms. The molecule has 6 heteroatoms. The van der Waals surface area contributed by atoms with Crippen molar-refractivity contribution in [2.45, 2.75) is 12.8 Å². The Morgan fingerprint density at radius 3 is 1.97 bits per heavy atom. The molecule has 0 radical (unpaired) electrons. The van der Waals surface area contributed by atoms with E-state index in [-0.39, 0.29) is 18.4 Å². The molecule has 0 atom stereocenters. The number of amides is 2. The maximum Gasteiger partial charge on any atom is 0.243 e. The van der Waals surface area contributed by atoms with Gasteiger partial charge in [0, 0.05) is 17.8 Å². The van der Waals surface area contributed by atoms with Gasteiger partial charge in [0.25, 0.3) is 0 Å². The van der Waals surface area contributed by atoms with Crippen LogP contribution in [0.5, 0.6) is 0 Å². The first-order valence-corrected chi connectivity index (χ1v) is 9.70. The smallest absolute Gasteiger partial charge is 0.243 e. The van der Waals surface area contributed by atoms with Crippen molar-refractivity contribution in [1.29, 1.82) is 0 Å². The molecule has 0 aromatic heterocycles. The molecule has 3 N–H and O–H groups in total. The molecule has 5 nitrogen and oxygen atoms in total. The van der Waals surface area contributed by atoms with E-state index in [4.69, 9.17) is 11.6 Å². The summed E-state index contributed by atoms with van der Waals surface area (Å²) in [7, 11) is 0. The Kier molecular flexibility index (Phi) is 7.25. The normalized spacial score (nSPS) is 10.2. The second-order valence-corrected chi connectivity index (χ2v) is 6.90. The van der Waals surface area contributed by atoms with Gasteiger partial charge in [-0.05, 0) is 48.4 Å². The quantitative estimate of drug-likeness (QED) is 0.494. The molecule has 3 aromatic rings. The largest absolute Gasteiger partial charge is 0.375 e. The first-order valence-electron chi connectivity index (χ1n) is 9.32.